The summed E-state index contributed by atoms with van der Waals surface area (Å²) in [6, 6.07) is 8.78. The quantitative estimate of drug-likeness (QED) is 0.807. The van der Waals surface area contributed by atoms with Gasteiger partial charge in [-0.25, -0.2) is 0 Å². The Morgan fingerprint density at radius 1 is 1.24 bits per heavy atom. The maximum absolute atomic E-state index is 6.57. The lowest BCUT2D eigenvalue weighted by molar-refractivity contribution is 0.302. The minimum absolute atomic E-state index is 0.0811. The van der Waals surface area contributed by atoms with Crippen LogP contribution in [0, 0.1) is 0 Å². The van der Waals surface area contributed by atoms with Crippen molar-refractivity contribution in [3.05, 3.63) is 41.5 Å². The number of allylic oxidation sites excluding steroid dienone is 2. The van der Waals surface area contributed by atoms with Crippen molar-refractivity contribution < 1.29 is 0 Å². The molecule has 1 aliphatic carbocycles. The standard InChI is InChI=1S/C16H23N/c1-3-13(2)14-8-7-9-15(12-14)16(17)10-5-4-6-11-16/h3,7-9,12H,4-6,10-11,17H2,1-2H3/b13-3+. The van der Waals surface area contributed by atoms with Crippen LogP contribution in [0.1, 0.15) is 57.1 Å². The minimum Gasteiger partial charge on any atom is -0.321 e. The highest BCUT2D eigenvalue weighted by atomic mass is 14.7. The van der Waals surface area contributed by atoms with Crippen LogP contribution in [0.5, 0.6) is 0 Å². The summed E-state index contributed by atoms with van der Waals surface area (Å²) in [4.78, 5) is 0. The zero-order chi connectivity index (χ0) is 12.3. The second-order valence-electron chi connectivity index (χ2n) is 5.27. The molecule has 0 atom stereocenters. The first kappa shape index (κ1) is 12.4. The second-order valence-corrected chi connectivity index (χ2v) is 5.27. The average molecular weight is 229 g/mol. The topological polar surface area (TPSA) is 26.0 Å². The van der Waals surface area contributed by atoms with E-state index in [1.54, 1.807) is 0 Å². The SMILES string of the molecule is C/C=C(\C)c1cccc(C2(N)CCCCC2)c1. The maximum atomic E-state index is 6.57. The van der Waals surface area contributed by atoms with Crippen LogP contribution in [0.3, 0.4) is 0 Å². The maximum Gasteiger partial charge on any atom is 0.0409 e. The number of hydrogen-bond acceptors (Lipinski definition) is 1. The van der Waals surface area contributed by atoms with Crippen molar-refractivity contribution >= 4 is 5.57 Å². The molecule has 1 aromatic carbocycles. The molecule has 2 N–H and O–H groups in total. The zero-order valence-corrected chi connectivity index (χ0v) is 11.0. The van der Waals surface area contributed by atoms with Crippen molar-refractivity contribution in [1.82, 2.24) is 0 Å². The fourth-order valence-corrected chi connectivity index (χ4v) is 2.71. The van der Waals surface area contributed by atoms with Crippen LogP contribution in [0.2, 0.25) is 0 Å². The highest BCUT2D eigenvalue weighted by Gasteiger charge is 2.29. The van der Waals surface area contributed by atoms with E-state index >= 15 is 0 Å². The normalized spacial score (nSPS) is 20.3. The predicted molar refractivity (Wildman–Crippen MR) is 74.7 cm³/mol. The summed E-state index contributed by atoms with van der Waals surface area (Å²) in [5, 5.41) is 0. The molecule has 0 aromatic heterocycles. The van der Waals surface area contributed by atoms with Crippen molar-refractivity contribution in [1.29, 1.82) is 0 Å². The van der Waals surface area contributed by atoms with Gasteiger partial charge in [-0.2, -0.15) is 0 Å². The predicted octanol–water partition coefficient (Wildman–Crippen LogP) is 4.23. The molecule has 0 radical (unpaired) electrons. The van der Waals surface area contributed by atoms with Gasteiger partial charge in [-0.3, -0.25) is 0 Å². The van der Waals surface area contributed by atoms with Gasteiger partial charge in [0.25, 0.3) is 0 Å². The molecule has 0 aliphatic heterocycles. The van der Waals surface area contributed by atoms with Gasteiger partial charge in [0.1, 0.15) is 0 Å². The van der Waals surface area contributed by atoms with Gasteiger partial charge < -0.3 is 5.73 Å². The molecule has 1 fully saturated rings. The lowest BCUT2D eigenvalue weighted by Gasteiger charge is -2.34. The van der Waals surface area contributed by atoms with Gasteiger partial charge in [0.05, 0.1) is 0 Å². The van der Waals surface area contributed by atoms with E-state index in [1.807, 2.05) is 0 Å². The summed E-state index contributed by atoms with van der Waals surface area (Å²) in [5.74, 6) is 0. The average Bonchev–Trinajstić information content (AvgIpc) is 2.39. The minimum atomic E-state index is -0.0811. The van der Waals surface area contributed by atoms with Crippen LogP contribution in [0.4, 0.5) is 0 Å². The second kappa shape index (κ2) is 5.05. The van der Waals surface area contributed by atoms with E-state index in [9.17, 15) is 0 Å². The molecule has 0 heterocycles. The van der Waals surface area contributed by atoms with Crippen LogP contribution in [-0.4, -0.2) is 0 Å². The summed E-state index contributed by atoms with van der Waals surface area (Å²) < 4.78 is 0. The molecule has 0 unspecified atom stereocenters. The van der Waals surface area contributed by atoms with E-state index in [2.05, 4.69) is 44.2 Å². The number of rotatable bonds is 2. The van der Waals surface area contributed by atoms with Gasteiger partial charge in [-0.05, 0) is 49.5 Å². The van der Waals surface area contributed by atoms with Crippen molar-refractivity contribution in [3.63, 3.8) is 0 Å². The fourth-order valence-electron chi connectivity index (χ4n) is 2.71. The third-order valence-corrected chi connectivity index (χ3v) is 4.07. The first-order valence-corrected chi connectivity index (χ1v) is 6.68. The number of hydrogen-bond donors (Lipinski definition) is 1. The summed E-state index contributed by atoms with van der Waals surface area (Å²) >= 11 is 0. The molecule has 1 nitrogen and oxygen atoms in total. The molecule has 1 heteroatoms. The Morgan fingerprint density at radius 2 is 1.94 bits per heavy atom. The lowest BCUT2D eigenvalue weighted by Crippen LogP contribution is -2.38. The van der Waals surface area contributed by atoms with E-state index in [1.165, 1.54) is 36.0 Å². The van der Waals surface area contributed by atoms with Gasteiger partial charge in [-0.1, -0.05) is 43.5 Å². The van der Waals surface area contributed by atoms with Crippen LogP contribution in [0.25, 0.3) is 5.57 Å². The van der Waals surface area contributed by atoms with E-state index in [-0.39, 0.29) is 5.54 Å². The molecular weight excluding hydrogens is 206 g/mol. The molecule has 17 heavy (non-hydrogen) atoms. The summed E-state index contributed by atoms with van der Waals surface area (Å²) in [5.41, 5.74) is 10.4. The molecule has 0 saturated heterocycles. The Labute approximate surface area is 105 Å². The monoisotopic (exact) mass is 229 g/mol. The molecular formula is C16H23N. The smallest absolute Gasteiger partial charge is 0.0409 e. The Kier molecular flexibility index (Phi) is 3.68. The van der Waals surface area contributed by atoms with Crippen LogP contribution >= 0.6 is 0 Å². The molecule has 0 bridgehead atoms. The Morgan fingerprint density at radius 3 is 2.59 bits per heavy atom. The first-order chi connectivity index (χ1) is 8.15. The highest BCUT2D eigenvalue weighted by molar-refractivity contribution is 5.64. The molecule has 1 saturated carbocycles. The lowest BCUT2D eigenvalue weighted by atomic mass is 9.77. The molecule has 92 valence electrons. The Balaban J connectivity index is 2.32. The molecule has 0 amide bonds. The Bertz CT molecular complexity index is 411. The van der Waals surface area contributed by atoms with Crippen molar-refractivity contribution in [2.24, 2.45) is 5.73 Å². The third kappa shape index (κ3) is 2.61. The summed E-state index contributed by atoms with van der Waals surface area (Å²) in [6.07, 6.45) is 8.29. The van der Waals surface area contributed by atoms with Crippen LogP contribution in [-0.2, 0) is 5.54 Å². The van der Waals surface area contributed by atoms with E-state index in [4.69, 9.17) is 5.73 Å². The zero-order valence-electron chi connectivity index (χ0n) is 11.0. The van der Waals surface area contributed by atoms with Gasteiger partial charge in [-0.15, -0.1) is 0 Å². The summed E-state index contributed by atoms with van der Waals surface area (Å²) in [7, 11) is 0. The molecule has 1 aromatic rings. The van der Waals surface area contributed by atoms with Crippen molar-refractivity contribution in [3.8, 4) is 0 Å². The Hall–Kier alpha value is -1.08. The van der Waals surface area contributed by atoms with Gasteiger partial charge >= 0.3 is 0 Å². The fraction of sp³-hybridized carbons (Fsp3) is 0.500. The van der Waals surface area contributed by atoms with Crippen molar-refractivity contribution in [2.45, 2.75) is 51.5 Å². The highest BCUT2D eigenvalue weighted by Crippen LogP contribution is 2.35. The molecule has 2 rings (SSSR count). The number of nitrogens with two attached hydrogens (primary N) is 1. The van der Waals surface area contributed by atoms with E-state index in [0.717, 1.165) is 12.8 Å². The van der Waals surface area contributed by atoms with Gasteiger partial charge in [0.15, 0.2) is 0 Å². The molecule has 1 aliphatic rings. The first-order valence-electron chi connectivity index (χ1n) is 6.68. The summed E-state index contributed by atoms with van der Waals surface area (Å²) in [6.45, 7) is 4.24. The largest absolute Gasteiger partial charge is 0.321 e. The van der Waals surface area contributed by atoms with E-state index in [0.29, 0.717) is 0 Å². The van der Waals surface area contributed by atoms with Gasteiger partial charge in [0, 0.05) is 5.54 Å². The van der Waals surface area contributed by atoms with Gasteiger partial charge in [0.2, 0.25) is 0 Å². The van der Waals surface area contributed by atoms with Crippen LogP contribution < -0.4 is 5.73 Å². The van der Waals surface area contributed by atoms with Crippen molar-refractivity contribution in [2.75, 3.05) is 0 Å². The van der Waals surface area contributed by atoms with E-state index < -0.39 is 0 Å². The van der Waals surface area contributed by atoms with Crippen LogP contribution in [0.15, 0.2) is 30.3 Å². The third-order valence-electron chi connectivity index (χ3n) is 4.07. The molecule has 0 spiro atoms. The number of benzene rings is 1.